The van der Waals surface area contributed by atoms with Crippen molar-refractivity contribution in [3.63, 3.8) is 0 Å². The van der Waals surface area contributed by atoms with Crippen LogP contribution < -0.4 is 4.52 Å². The molecule has 1 atom stereocenters. The van der Waals surface area contributed by atoms with Crippen molar-refractivity contribution in [1.29, 1.82) is 0 Å². The molecule has 1 aliphatic heterocycles. The standard InChI is InChI=1S/C17H17ClNO6PS/c1-24-14(10-20)17(12-4-2-3-5-13(12)18)19-7-6-15-11(9-19)8-16(27-15)25-26(21,22)23/h2-5,8,17H,6-7,9H2,1H3,(H2,21,22,23)/t17-/m0/s1. The van der Waals surface area contributed by atoms with E-state index < -0.39 is 13.9 Å². The molecule has 144 valence electrons. The predicted molar refractivity (Wildman–Crippen MR) is 102 cm³/mol. The van der Waals surface area contributed by atoms with Crippen LogP contribution in [0.4, 0.5) is 0 Å². The number of nitrogens with zero attached hydrogens (tertiary/aromatic N) is 1. The fourth-order valence-corrected chi connectivity index (χ4v) is 4.98. The molecule has 1 aromatic carbocycles. The van der Waals surface area contributed by atoms with E-state index in [-0.39, 0.29) is 10.8 Å². The molecule has 27 heavy (non-hydrogen) atoms. The maximum absolute atomic E-state index is 11.4. The number of phosphoric acid groups is 1. The summed E-state index contributed by atoms with van der Waals surface area (Å²) in [6, 6.07) is 8.31. The Morgan fingerprint density at radius 1 is 1.41 bits per heavy atom. The molecule has 0 bridgehead atoms. The van der Waals surface area contributed by atoms with Gasteiger partial charge in [-0.2, -0.15) is 0 Å². The number of fused-ring (bicyclic) bond motifs is 1. The van der Waals surface area contributed by atoms with Gasteiger partial charge in [0.05, 0.1) is 7.11 Å². The van der Waals surface area contributed by atoms with Gasteiger partial charge >= 0.3 is 7.82 Å². The van der Waals surface area contributed by atoms with Crippen molar-refractivity contribution in [1.82, 2.24) is 4.90 Å². The van der Waals surface area contributed by atoms with E-state index >= 15 is 0 Å². The van der Waals surface area contributed by atoms with Gasteiger partial charge in [-0.1, -0.05) is 29.8 Å². The molecule has 0 saturated carbocycles. The predicted octanol–water partition coefficient (Wildman–Crippen LogP) is 3.33. The minimum atomic E-state index is -4.60. The molecular weight excluding hydrogens is 413 g/mol. The largest absolute Gasteiger partial charge is 0.525 e. The number of rotatable bonds is 6. The summed E-state index contributed by atoms with van der Waals surface area (Å²) >= 11 is 7.56. The number of phosphoric ester groups is 1. The molecule has 0 spiro atoms. The zero-order chi connectivity index (χ0) is 19.6. The quantitative estimate of drug-likeness (QED) is 0.413. The Morgan fingerprint density at radius 3 is 2.78 bits per heavy atom. The highest BCUT2D eigenvalue weighted by atomic mass is 35.5. The topological polar surface area (TPSA) is 96.3 Å². The third-order valence-corrected chi connectivity index (χ3v) is 6.23. The van der Waals surface area contributed by atoms with Gasteiger partial charge in [0, 0.05) is 23.0 Å². The molecule has 3 rings (SSSR count). The van der Waals surface area contributed by atoms with Gasteiger partial charge in [0.2, 0.25) is 5.76 Å². The summed E-state index contributed by atoms with van der Waals surface area (Å²) in [7, 11) is -3.19. The lowest BCUT2D eigenvalue weighted by Crippen LogP contribution is -2.35. The highest BCUT2D eigenvalue weighted by Crippen LogP contribution is 2.44. The van der Waals surface area contributed by atoms with Crippen molar-refractivity contribution in [2.24, 2.45) is 0 Å². The maximum Gasteiger partial charge on any atom is 0.525 e. The van der Waals surface area contributed by atoms with Gasteiger partial charge in [-0.05, 0) is 29.7 Å². The number of methoxy groups -OCH3 is 1. The van der Waals surface area contributed by atoms with Crippen LogP contribution in [0.15, 0.2) is 36.1 Å². The molecule has 0 radical (unpaired) electrons. The number of thiophene rings is 1. The summed E-state index contributed by atoms with van der Waals surface area (Å²) in [5.41, 5.74) is 1.61. The second-order valence-electron chi connectivity index (χ2n) is 5.91. The summed E-state index contributed by atoms with van der Waals surface area (Å²) in [6.07, 6.45) is 0.640. The van der Waals surface area contributed by atoms with Gasteiger partial charge < -0.3 is 9.26 Å². The molecular formula is C17H17ClNO6PS. The lowest BCUT2D eigenvalue weighted by Gasteiger charge is -2.34. The SMILES string of the molecule is COC(=C=O)[C@H](c1ccccc1Cl)N1CCc2sc(OP(=O)(O)O)cc2C1. The van der Waals surface area contributed by atoms with Crippen LogP contribution in [0.2, 0.25) is 5.02 Å². The van der Waals surface area contributed by atoms with Gasteiger partial charge in [-0.25, -0.2) is 9.36 Å². The first-order valence-electron chi connectivity index (χ1n) is 7.96. The Labute approximate surface area is 165 Å². The number of benzene rings is 1. The molecule has 0 amide bonds. The van der Waals surface area contributed by atoms with Gasteiger partial charge in [-0.3, -0.25) is 14.7 Å². The van der Waals surface area contributed by atoms with Crippen molar-refractivity contribution in [2.75, 3.05) is 13.7 Å². The van der Waals surface area contributed by atoms with E-state index in [0.717, 1.165) is 16.0 Å². The summed E-state index contributed by atoms with van der Waals surface area (Å²) in [5, 5.41) is 0.677. The zero-order valence-electron chi connectivity index (χ0n) is 14.3. The van der Waals surface area contributed by atoms with Gasteiger partial charge in [0.25, 0.3) is 0 Å². The van der Waals surface area contributed by atoms with Crippen LogP contribution >= 0.6 is 30.8 Å². The molecule has 2 heterocycles. The van der Waals surface area contributed by atoms with E-state index in [9.17, 15) is 9.36 Å². The Hall–Kier alpha value is -1.63. The third-order valence-electron chi connectivity index (χ3n) is 4.22. The van der Waals surface area contributed by atoms with E-state index in [1.165, 1.54) is 18.4 Å². The number of hydrogen-bond acceptors (Lipinski definition) is 6. The van der Waals surface area contributed by atoms with E-state index in [1.54, 1.807) is 18.2 Å². The average molecular weight is 430 g/mol. The van der Waals surface area contributed by atoms with Crippen molar-refractivity contribution in [2.45, 2.75) is 19.0 Å². The minimum absolute atomic E-state index is 0.119. The van der Waals surface area contributed by atoms with Gasteiger partial charge in [-0.15, -0.1) is 11.3 Å². The lowest BCUT2D eigenvalue weighted by molar-refractivity contribution is 0.142. The monoisotopic (exact) mass is 429 g/mol. The maximum atomic E-state index is 11.4. The molecule has 7 nitrogen and oxygen atoms in total. The molecule has 1 aliphatic rings. The van der Waals surface area contributed by atoms with E-state index in [0.29, 0.717) is 24.5 Å². The molecule has 0 saturated heterocycles. The second kappa shape index (κ2) is 8.17. The summed E-state index contributed by atoms with van der Waals surface area (Å²) in [5.74, 6) is 1.97. The lowest BCUT2D eigenvalue weighted by atomic mass is 10.00. The van der Waals surface area contributed by atoms with Crippen molar-refractivity contribution < 1.29 is 28.4 Å². The van der Waals surface area contributed by atoms with Crippen molar-refractivity contribution in [3.8, 4) is 5.06 Å². The van der Waals surface area contributed by atoms with Gasteiger partial charge in [0.1, 0.15) is 6.04 Å². The Balaban J connectivity index is 1.93. The highest BCUT2D eigenvalue weighted by molar-refractivity contribution is 7.47. The number of halogens is 1. The first kappa shape index (κ1) is 20.1. The molecule has 0 unspecified atom stereocenters. The fraction of sp³-hybridized carbons (Fsp3) is 0.294. The summed E-state index contributed by atoms with van der Waals surface area (Å²) < 4.78 is 21.0. The van der Waals surface area contributed by atoms with Crippen molar-refractivity contribution in [3.05, 3.63) is 57.1 Å². The number of carbonyl (C=O) groups excluding carboxylic acids is 1. The van der Waals surface area contributed by atoms with Crippen LogP contribution in [-0.2, 0) is 27.1 Å². The Bertz CT molecular complexity index is 935. The van der Waals surface area contributed by atoms with Crippen LogP contribution in [0, 0.1) is 0 Å². The molecule has 1 aromatic heterocycles. The number of ether oxygens (including phenoxy) is 1. The molecule has 10 heteroatoms. The fourth-order valence-electron chi connectivity index (χ4n) is 3.12. The zero-order valence-corrected chi connectivity index (χ0v) is 16.8. The smallest absolute Gasteiger partial charge is 0.488 e. The van der Waals surface area contributed by atoms with Crippen LogP contribution in [0.25, 0.3) is 0 Å². The average Bonchev–Trinajstić information content (AvgIpc) is 2.99. The summed E-state index contributed by atoms with van der Waals surface area (Å²) in [6.45, 7) is 1.05. The van der Waals surface area contributed by atoms with Crippen LogP contribution in [-0.4, -0.2) is 34.3 Å². The molecule has 0 aliphatic carbocycles. The van der Waals surface area contributed by atoms with Crippen molar-refractivity contribution >= 4 is 36.7 Å². The highest BCUT2D eigenvalue weighted by Gasteiger charge is 2.32. The van der Waals surface area contributed by atoms with E-state index in [2.05, 4.69) is 0 Å². The summed E-state index contributed by atoms with van der Waals surface area (Å²) in [4.78, 5) is 32.4. The van der Waals surface area contributed by atoms with Crippen LogP contribution in [0.3, 0.4) is 0 Å². The van der Waals surface area contributed by atoms with E-state index in [4.69, 9.17) is 30.6 Å². The first-order chi connectivity index (χ1) is 12.8. The number of hydrogen-bond donors (Lipinski definition) is 2. The van der Waals surface area contributed by atoms with E-state index in [1.807, 2.05) is 23.0 Å². The normalized spacial score (nSPS) is 15.6. The first-order valence-corrected chi connectivity index (χ1v) is 10.7. The Morgan fingerprint density at radius 2 is 2.15 bits per heavy atom. The molecule has 2 aromatic rings. The van der Waals surface area contributed by atoms with Gasteiger partial charge in [0.15, 0.2) is 11.0 Å². The second-order valence-corrected chi connectivity index (χ2v) is 8.58. The minimum Gasteiger partial charge on any atom is -0.488 e. The van der Waals surface area contributed by atoms with Crippen LogP contribution in [0.5, 0.6) is 5.06 Å². The molecule has 0 fully saturated rings. The third kappa shape index (κ3) is 4.62. The molecule has 2 N–H and O–H groups in total. The Kier molecular flexibility index (Phi) is 6.08. The van der Waals surface area contributed by atoms with Crippen LogP contribution in [0.1, 0.15) is 22.0 Å².